The van der Waals surface area contributed by atoms with Crippen molar-refractivity contribution < 1.29 is 14.3 Å². The monoisotopic (exact) mass is 379 g/mol. The van der Waals surface area contributed by atoms with Crippen molar-refractivity contribution in [3.8, 4) is 5.75 Å². The van der Waals surface area contributed by atoms with E-state index in [-0.39, 0.29) is 11.8 Å². The first kappa shape index (κ1) is 18.3. The van der Waals surface area contributed by atoms with Crippen LogP contribution in [0.4, 0.5) is 10.8 Å². The summed E-state index contributed by atoms with van der Waals surface area (Å²) in [6.07, 6.45) is 4.79. The molecule has 0 spiro atoms. The molecule has 0 fully saturated rings. The fourth-order valence-corrected chi connectivity index (χ4v) is 2.75. The number of amides is 2. The standard InChI is InChI=1S/C20H17N3O3S/c1-26-17-9-2-14(3-10-17)4-11-18(24)22-16-7-5-15(6-8-16)19(25)23-20-21-12-13-27-20/h2-13H,1H3,(H,22,24)(H,21,23,25)/b11-4+. The SMILES string of the molecule is COc1ccc(/C=C/C(=O)Nc2ccc(C(=O)Nc3nccs3)cc2)cc1. The Morgan fingerprint density at radius 3 is 2.41 bits per heavy atom. The summed E-state index contributed by atoms with van der Waals surface area (Å²) in [4.78, 5) is 28.1. The number of anilines is 2. The van der Waals surface area contributed by atoms with Gasteiger partial charge in [0, 0.05) is 28.9 Å². The van der Waals surface area contributed by atoms with E-state index in [1.807, 2.05) is 24.3 Å². The highest BCUT2D eigenvalue weighted by Crippen LogP contribution is 2.15. The lowest BCUT2D eigenvalue weighted by Crippen LogP contribution is -2.12. The molecule has 3 rings (SSSR count). The maximum atomic E-state index is 12.1. The molecule has 1 aromatic heterocycles. The van der Waals surface area contributed by atoms with Crippen molar-refractivity contribution in [3.05, 3.63) is 77.3 Å². The molecular formula is C20H17N3O3S. The van der Waals surface area contributed by atoms with Gasteiger partial charge in [-0.1, -0.05) is 12.1 Å². The average molecular weight is 379 g/mol. The van der Waals surface area contributed by atoms with Gasteiger partial charge >= 0.3 is 0 Å². The van der Waals surface area contributed by atoms with E-state index in [9.17, 15) is 9.59 Å². The van der Waals surface area contributed by atoms with Gasteiger partial charge in [-0.2, -0.15) is 0 Å². The fraction of sp³-hybridized carbons (Fsp3) is 0.0500. The molecular weight excluding hydrogens is 362 g/mol. The third-order valence-corrected chi connectivity index (χ3v) is 4.30. The summed E-state index contributed by atoms with van der Waals surface area (Å²) in [6, 6.07) is 14.0. The normalized spacial score (nSPS) is 10.6. The summed E-state index contributed by atoms with van der Waals surface area (Å²) in [5, 5.41) is 7.79. The highest BCUT2D eigenvalue weighted by Gasteiger charge is 2.07. The van der Waals surface area contributed by atoms with Crippen LogP contribution >= 0.6 is 11.3 Å². The Hall–Kier alpha value is -3.45. The summed E-state index contributed by atoms with van der Waals surface area (Å²) < 4.78 is 5.09. The van der Waals surface area contributed by atoms with E-state index in [0.717, 1.165) is 11.3 Å². The lowest BCUT2D eigenvalue weighted by Gasteiger charge is -2.05. The third-order valence-electron chi connectivity index (χ3n) is 3.61. The van der Waals surface area contributed by atoms with E-state index in [4.69, 9.17) is 4.74 Å². The van der Waals surface area contributed by atoms with Crippen LogP contribution in [0.15, 0.2) is 66.2 Å². The zero-order chi connectivity index (χ0) is 19.1. The molecule has 0 aliphatic heterocycles. The van der Waals surface area contributed by atoms with Crippen LogP contribution < -0.4 is 15.4 Å². The number of aromatic nitrogens is 1. The minimum atomic E-state index is -0.259. The molecule has 1 heterocycles. The maximum Gasteiger partial charge on any atom is 0.257 e. The number of hydrogen-bond donors (Lipinski definition) is 2. The van der Waals surface area contributed by atoms with Crippen molar-refractivity contribution in [3.63, 3.8) is 0 Å². The first-order chi connectivity index (χ1) is 13.1. The lowest BCUT2D eigenvalue weighted by molar-refractivity contribution is -0.111. The number of hydrogen-bond acceptors (Lipinski definition) is 5. The highest BCUT2D eigenvalue weighted by atomic mass is 32.1. The molecule has 0 bridgehead atoms. The first-order valence-electron chi connectivity index (χ1n) is 8.08. The predicted molar refractivity (Wildman–Crippen MR) is 107 cm³/mol. The van der Waals surface area contributed by atoms with Crippen LogP contribution in [0.5, 0.6) is 5.75 Å². The van der Waals surface area contributed by atoms with Crippen LogP contribution in [0.3, 0.4) is 0 Å². The van der Waals surface area contributed by atoms with Crippen molar-refractivity contribution in [1.82, 2.24) is 4.98 Å². The average Bonchev–Trinajstić information content (AvgIpc) is 3.20. The Morgan fingerprint density at radius 2 is 1.78 bits per heavy atom. The van der Waals surface area contributed by atoms with Gasteiger partial charge in [0.15, 0.2) is 5.13 Å². The Labute approximate surface area is 160 Å². The van der Waals surface area contributed by atoms with Gasteiger partial charge in [0.05, 0.1) is 7.11 Å². The largest absolute Gasteiger partial charge is 0.497 e. The van der Waals surface area contributed by atoms with Crippen LogP contribution in [-0.4, -0.2) is 23.9 Å². The van der Waals surface area contributed by atoms with Crippen LogP contribution in [-0.2, 0) is 4.79 Å². The van der Waals surface area contributed by atoms with Crippen LogP contribution in [0.25, 0.3) is 6.08 Å². The molecule has 2 amide bonds. The van der Waals surface area contributed by atoms with Crippen molar-refractivity contribution >= 4 is 40.0 Å². The van der Waals surface area contributed by atoms with Gasteiger partial charge in [0.2, 0.25) is 5.91 Å². The van der Waals surface area contributed by atoms with E-state index >= 15 is 0 Å². The number of nitrogens with zero attached hydrogens (tertiary/aromatic N) is 1. The molecule has 3 aromatic rings. The van der Waals surface area contributed by atoms with E-state index in [2.05, 4.69) is 15.6 Å². The minimum absolute atomic E-state index is 0.248. The number of ether oxygens (including phenoxy) is 1. The number of thiazole rings is 1. The van der Waals surface area contributed by atoms with Crippen molar-refractivity contribution in [1.29, 1.82) is 0 Å². The maximum absolute atomic E-state index is 12.1. The second kappa shape index (κ2) is 8.77. The Bertz CT molecular complexity index is 934. The summed E-state index contributed by atoms with van der Waals surface area (Å²) in [7, 11) is 1.60. The predicted octanol–water partition coefficient (Wildman–Crippen LogP) is 4.06. The van der Waals surface area contributed by atoms with E-state index in [1.54, 1.807) is 49.0 Å². The lowest BCUT2D eigenvalue weighted by atomic mass is 10.2. The van der Waals surface area contributed by atoms with E-state index < -0.39 is 0 Å². The number of nitrogens with one attached hydrogen (secondary N) is 2. The minimum Gasteiger partial charge on any atom is -0.497 e. The molecule has 2 N–H and O–H groups in total. The fourth-order valence-electron chi connectivity index (χ4n) is 2.23. The topological polar surface area (TPSA) is 80.3 Å². The zero-order valence-electron chi connectivity index (χ0n) is 14.5. The molecule has 6 nitrogen and oxygen atoms in total. The van der Waals surface area contributed by atoms with Gasteiger partial charge in [-0.05, 0) is 48.0 Å². The molecule has 2 aromatic carbocycles. The van der Waals surface area contributed by atoms with Crippen molar-refractivity contribution in [2.45, 2.75) is 0 Å². The molecule has 136 valence electrons. The zero-order valence-corrected chi connectivity index (χ0v) is 15.3. The number of rotatable bonds is 6. The summed E-state index contributed by atoms with van der Waals surface area (Å²) in [5.74, 6) is 0.253. The third kappa shape index (κ3) is 5.26. The molecule has 0 saturated heterocycles. The highest BCUT2D eigenvalue weighted by molar-refractivity contribution is 7.13. The van der Waals surface area contributed by atoms with Crippen molar-refractivity contribution in [2.24, 2.45) is 0 Å². The summed E-state index contributed by atoms with van der Waals surface area (Å²) in [5.41, 5.74) is 1.97. The molecule has 0 saturated carbocycles. The van der Waals surface area contributed by atoms with E-state index in [0.29, 0.717) is 16.4 Å². The number of carbonyl (C=O) groups is 2. The smallest absolute Gasteiger partial charge is 0.257 e. The number of methoxy groups -OCH3 is 1. The first-order valence-corrected chi connectivity index (χ1v) is 8.96. The summed E-state index contributed by atoms with van der Waals surface area (Å²) >= 11 is 1.35. The molecule has 0 radical (unpaired) electrons. The summed E-state index contributed by atoms with van der Waals surface area (Å²) in [6.45, 7) is 0. The van der Waals surface area contributed by atoms with E-state index in [1.165, 1.54) is 17.4 Å². The number of carbonyl (C=O) groups excluding carboxylic acids is 2. The molecule has 7 heteroatoms. The Balaban J connectivity index is 1.56. The quantitative estimate of drug-likeness (QED) is 0.633. The van der Waals surface area contributed by atoms with Gasteiger partial charge < -0.3 is 10.1 Å². The van der Waals surface area contributed by atoms with Gasteiger partial charge in [0.1, 0.15) is 5.75 Å². The Kier molecular flexibility index (Phi) is 5.96. The van der Waals surface area contributed by atoms with Crippen molar-refractivity contribution in [2.75, 3.05) is 17.7 Å². The molecule has 0 aliphatic carbocycles. The number of benzene rings is 2. The second-order valence-corrected chi connectivity index (χ2v) is 6.36. The van der Waals surface area contributed by atoms with Crippen LogP contribution in [0.2, 0.25) is 0 Å². The Morgan fingerprint density at radius 1 is 1.04 bits per heavy atom. The molecule has 0 aliphatic rings. The van der Waals surface area contributed by atoms with Crippen LogP contribution in [0.1, 0.15) is 15.9 Å². The van der Waals surface area contributed by atoms with Gasteiger partial charge in [-0.3, -0.25) is 14.9 Å². The van der Waals surface area contributed by atoms with Gasteiger partial charge in [-0.25, -0.2) is 4.98 Å². The second-order valence-electron chi connectivity index (χ2n) is 5.46. The van der Waals surface area contributed by atoms with Crippen LogP contribution in [0, 0.1) is 0 Å². The molecule has 27 heavy (non-hydrogen) atoms. The van der Waals surface area contributed by atoms with Gasteiger partial charge in [0.25, 0.3) is 5.91 Å². The molecule has 0 unspecified atom stereocenters. The van der Waals surface area contributed by atoms with Gasteiger partial charge in [-0.15, -0.1) is 11.3 Å². The molecule has 0 atom stereocenters.